The lowest BCUT2D eigenvalue weighted by Crippen LogP contribution is -2.31. The van der Waals surface area contributed by atoms with Crippen molar-refractivity contribution >= 4 is 0 Å². The molecule has 6 nitrogen and oxygen atoms in total. The van der Waals surface area contributed by atoms with Gasteiger partial charge in [0.05, 0.1) is 13.2 Å². The van der Waals surface area contributed by atoms with E-state index < -0.39 is 0 Å². The summed E-state index contributed by atoms with van der Waals surface area (Å²) in [5.74, 6) is 2.11. The van der Waals surface area contributed by atoms with Crippen LogP contribution in [-0.2, 0) is 6.54 Å². The van der Waals surface area contributed by atoms with Crippen LogP contribution in [0.4, 0.5) is 0 Å². The predicted molar refractivity (Wildman–Crippen MR) is 88.0 cm³/mol. The van der Waals surface area contributed by atoms with E-state index in [1.54, 1.807) is 0 Å². The molecule has 1 fully saturated rings. The maximum absolute atomic E-state index is 5.85. The quantitative estimate of drug-likeness (QED) is 0.881. The van der Waals surface area contributed by atoms with E-state index >= 15 is 0 Å². The summed E-state index contributed by atoms with van der Waals surface area (Å²) < 4.78 is 10.8. The molecule has 2 heterocycles. The van der Waals surface area contributed by atoms with Crippen molar-refractivity contribution in [3.05, 3.63) is 30.2 Å². The van der Waals surface area contributed by atoms with Crippen LogP contribution >= 0.6 is 0 Å². The first kappa shape index (κ1) is 16.0. The van der Waals surface area contributed by atoms with E-state index in [9.17, 15) is 0 Å². The number of nitrogens with zero attached hydrogens (tertiary/aromatic N) is 3. The fraction of sp³-hybridized carbons (Fsp3) is 0.529. The van der Waals surface area contributed by atoms with Crippen LogP contribution in [0.1, 0.15) is 26.2 Å². The van der Waals surface area contributed by atoms with Crippen molar-refractivity contribution in [2.75, 3.05) is 26.2 Å². The molecule has 2 N–H and O–H groups in total. The number of hydrogen-bond donors (Lipinski definition) is 1. The highest BCUT2D eigenvalue weighted by atomic mass is 16.5. The van der Waals surface area contributed by atoms with Gasteiger partial charge in [-0.3, -0.25) is 4.90 Å². The molecule has 6 heteroatoms. The molecule has 0 saturated carbocycles. The summed E-state index contributed by atoms with van der Waals surface area (Å²) in [5, 5.41) is 4.08. The number of likely N-dealkylation sites (tertiary alicyclic amines) is 1. The van der Waals surface area contributed by atoms with Crippen LogP contribution < -0.4 is 10.5 Å². The van der Waals surface area contributed by atoms with Gasteiger partial charge in [-0.2, -0.15) is 4.98 Å². The topological polar surface area (TPSA) is 77.4 Å². The Morgan fingerprint density at radius 2 is 2.13 bits per heavy atom. The zero-order valence-corrected chi connectivity index (χ0v) is 13.8. The minimum Gasteiger partial charge on any atom is -0.494 e. The van der Waals surface area contributed by atoms with Crippen LogP contribution in [0.25, 0.3) is 11.4 Å². The second kappa shape index (κ2) is 6.68. The van der Waals surface area contributed by atoms with Crippen molar-refractivity contribution in [3.8, 4) is 17.1 Å². The van der Waals surface area contributed by atoms with Crippen molar-refractivity contribution in [2.45, 2.75) is 26.8 Å². The number of rotatable bonds is 6. The molecule has 1 unspecified atom stereocenters. The minimum atomic E-state index is 0.206. The summed E-state index contributed by atoms with van der Waals surface area (Å²) in [4.78, 5) is 6.82. The molecule has 1 atom stereocenters. The van der Waals surface area contributed by atoms with Crippen molar-refractivity contribution < 1.29 is 9.26 Å². The molecule has 124 valence electrons. The summed E-state index contributed by atoms with van der Waals surface area (Å²) in [7, 11) is 0. The molecular weight excluding hydrogens is 292 g/mol. The molecular formula is C17H24N4O2. The molecule has 1 aliphatic heterocycles. The third-order valence-electron chi connectivity index (χ3n) is 4.38. The maximum atomic E-state index is 5.85. The lowest BCUT2D eigenvalue weighted by molar-refractivity contribution is 0.239. The Hall–Kier alpha value is -1.92. The third-order valence-corrected chi connectivity index (χ3v) is 4.38. The third kappa shape index (κ3) is 3.71. The standard InChI is InChI=1S/C17H24N4O2/c1-3-22-14-6-4-13(5-7-14)16-19-15(23-20-16)10-21-9-8-17(2,11-18)12-21/h4-7H,3,8-12,18H2,1-2H3. The van der Waals surface area contributed by atoms with Gasteiger partial charge < -0.3 is 15.0 Å². The van der Waals surface area contributed by atoms with Gasteiger partial charge in [0.15, 0.2) is 0 Å². The van der Waals surface area contributed by atoms with Crippen LogP contribution in [0.3, 0.4) is 0 Å². The van der Waals surface area contributed by atoms with Crippen LogP contribution in [0.2, 0.25) is 0 Å². The zero-order chi connectivity index (χ0) is 16.3. The first-order valence-corrected chi connectivity index (χ1v) is 8.10. The molecule has 1 saturated heterocycles. The largest absolute Gasteiger partial charge is 0.494 e. The summed E-state index contributed by atoms with van der Waals surface area (Å²) in [6.45, 7) is 8.24. The molecule has 0 amide bonds. The average Bonchev–Trinajstić information content (AvgIpc) is 3.17. The molecule has 1 aromatic heterocycles. The number of ether oxygens (including phenoxy) is 1. The average molecular weight is 316 g/mol. The van der Waals surface area contributed by atoms with Crippen LogP contribution in [0, 0.1) is 5.41 Å². The molecule has 23 heavy (non-hydrogen) atoms. The fourth-order valence-electron chi connectivity index (χ4n) is 2.92. The van der Waals surface area contributed by atoms with Crippen molar-refractivity contribution in [3.63, 3.8) is 0 Å². The minimum absolute atomic E-state index is 0.206. The van der Waals surface area contributed by atoms with Crippen LogP contribution in [-0.4, -0.2) is 41.3 Å². The highest BCUT2D eigenvalue weighted by molar-refractivity contribution is 5.55. The Bertz CT molecular complexity index is 640. The Balaban J connectivity index is 1.64. The highest BCUT2D eigenvalue weighted by Crippen LogP contribution is 2.29. The van der Waals surface area contributed by atoms with E-state index in [0.717, 1.165) is 30.8 Å². The smallest absolute Gasteiger partial charge is 0.241 e. The van der Waals surface area contributed by atoms with E-state index in [-0.39, 0.29) is 5.41 Å². The number of aromatic nitrogens is 2. The van der Waals surface area contributed by atoms with Crippen molar-refractivity contribution in [2.24, 2.45) is 11.1 Å². The second-order valence-corrected chi connectivity index (χ2v) is 6.44. The molecule has 1 aromatic carbocycles. The lowest BCUT2D eigenvalue weighted by atomic mass is 9.90. The normalized spacial score (nSPS) is 21.7. The molecule has 2 aromatic rings. The summed E-state index contributed by atoms with van der Waals surface area (Å²) in [6, 6.07) is 7.73. The predicted octanol–water partition coefficient (Wildman–Crippen LogP) is 2.31. The van der Waals surface area contributed by atoms with Gasteiger partial charge in [0, 0.05) is 12.1 Å². The maximum Gasteiger partial charge on any atom is 0.241 e. The summed E-state index contributed by atoms with van der Waals surface area (Å²) in [5.41, 5.74) is 6.98. The zero-order valence-electron chi connectivity index (χ0n) is 13.8. The van der Waals surface area contributed by atoms with Gasteiger partial charge in [0.25, 0.3) is 0 Å². The van der Waals surface area contributed by atoms with Crippen molar-refractivity contribution in [1.29, 1.82) is 0 Å². The highest BCUT2D eigenvalue weighted by Gasteiger charge is 2.33. The molecule has 0 bridgehead atoms. The Morgan fingerprint density at radius 1 is 1.35 bits per heavy atom. The van der Waals surface area contributed by atoms with E-state index in [1.165, 1.54) is 0 Å². The number of nitrogens with two attached hydrogens (primary N) is 1. The van der Waals surface area contributed by atoms with E-state index in [4.69, 9.17) is 15.0 Å². The summed E-state index contributed by atoms with van der Waals surface area (Å²) >= 11 is 0. The second-order valence-electron chi connectivity index (χ2n) is 6.44. The van der Waals surface area contributed by atoms with Gasteiger partial charge in [0.2, 0.25) is 11.7 Å². The first-order chi connectivity index (χ1) is 11.1. The van der Waals surface area contributed by atoms with Gasteiger partial charge in [-0.25, -0.2) is 0 Å². The first-order valence-electron chi connectivity index (χ1n) is 8.10. The number of benzene rings is 1. The van der Waals surface area contributed by atoms with Gasteiger partial charge in [0.1, 0.15) is 5.75 Å². The van der Waals surface area contributed by atoms with Gasteiger partial charge in [-0.05, 0) is 56.1 Å². The molecule has 0 spiro atoms. The summed E-state index contributed by atoms with van der Waals surface area (Å²) in [6.07, 6.45) is 1.11. The van der Waals surface area contributed by atoms with Crippen LogP contribution in [0.15, 0.2) is 28.8 Å². The molecule has 0 radical (unpaired) electrons. The molecule has 3 rings (SSSR count). The van der Waals surface area contributed by atoms with Gasteiger partial charge >= 0.3 is 0 Å². The van der Waals surface area contributed by atoms with Gasteiger partial charge in [-0.15, -0.1) is 0 Å². The molecule has 1 aliphatic rings. The lowest BCUT2D eigenvalue weighted by Gasteiger charge is -2.21. The van der Waals surface area contributed by atoms with Gasteiger partial charge in [-0.1, -0.05) is 12.1 Å². The number of hydrogen-bond acceptors (Lipinski definition) is 6. The Labute approximate surface area is 136 Å². The monoisotopic (exact) mass is 316 g/mol. The Morgan fingerprint density at radius 3 is 2.78 bits per heavy atom. The Kier molecular flexibility index (Phi) is 4.63. The van der Waals surface area contributed by atoms with E-state index in [1.807, 2.05) is 31.2 Å². The van der Waals surface area contributed by atoms with Crippen molar-refractivity contribution in [1.82, 2.24) is 15.0 Å². The molecule has 0 aliphatic carbocycles. The van der Waals surface area contributed by atoms with E-state index in [0.29, 0.717) is 31.4 Å². The van der Waals surface area contributed by atoms with Crippen LogP contribution in [0.5, 0.6) is 5.75 Å². The fourth-order valence-corrected chi connectivity index (χ4v) is 2.92. The SMILES string of the molecule is CCOc1ccc(-c2noc(CN3CCC(C)(CN)C3)n2)cc1. The van der Waals surface area contributed by atoms with E-state index in [2.05, 4.69) is 22.0 Å².